The van der Waals surface area contributed by atoms with Crippen LogP contribution in [0.5, 0.6) is 0 Å². The zero-order chi connectivity index (χ0) is 15.1. The van der Waals surface area contributed by atoms with Crippen LogP contribution in [0.4, 0.5) is 0 Å². The first-order valence-corrected chi connectivity index (χ1v) is 8.36. The highest BCUT2D eigenvalue weighted by molar-refractivity contribution is 5.91. The van der Waals surface area contributed by atoms with E-state index >= 15 is 0 Å². The average molecular weight is 287 g/mol. The maximum atomic E-state index is 11.7. The van der Waals surface area contributed by atoms with Crippen LogP contribution in [-0.4, -0.2) is 30.3 Å². The third kappa shape index (κ3) is 4.16. The lowest BCUT2D eigenvalue weighted by Gasteiger charge is -2.48. The Labute approximate surface area is 129 Å². The van der Waals surface area contributed by atoms with Gasteiger partial charge in [-0.05, 0) is 63.6 Å². The molecule has 2 heteroatoms. The van der Waals surface area contributed by atoms with E-state index in [-0.39, 0.29) is 5.41 Å². The fourth-order valence-corrected chi connectivity index (χ4v) is 3.87. The number of fused-ring (bicyclic) bond motifs is 1. The smallest absolute Gasteiger partial charge is 0.155 e. The SMILES string of the molecule is C=CCCCCN1CC[C@@H]2CC(=O)C=C[C@]2(CCC=C)C1. The number of likely N-dealkylation sites (tertiary alicyclic amines) is 1. The van der Waals surface area contributed by atoms with E-state index in [0.717, 1.165) is 45.2 Å². The predicted octanol–water partition coefficient (Wildman–Crippen LogP) is 4.15. The molecule has 1 aliphatic carbocycles. The van der Waals surface area contributed by atoms with Gasteiger partial charge in [-0.3, -0.25) is 4.79 Å². The van der Waals surface area contributed by atoms with E-state index in [1.165, 1.54) is 19.4 Å². The quantitative estimate of drug-likeness (QED) is 0.494. The third-order valence-corrected chi connectivity index (χ3v) is 5.12. The van der Waals surface area contributed by atoms with Crippen molar-refractivity contribution < 1.29 is 4.79 Å². The predicted molar refractivity (Wildman–Crippen MR) is 89.2 cm³/mol. The fraction of sp³-hybridized carbons (Fsp3) is 0.632. The topological polar surface area (TPSA) is 20.3 Å². The Hall–Kier alpha value is -1.15. The highest BCUT2D eigenvalue weighted by atomic mass is 16.1. The molecule has 1 saturated heterocycles. The summed E-state index contributed by atoms with van der Waals surface area (Å²) in [5.74, 6) is 0.855. The minimum absolute atomic E-state index is 0.207. The van der Waals surface area contributed by atoms with E-state index in [1.807, 2.05) is 18.2 Å². The van der Waals surface area contributed by atoms with Gasteiger partial charge in [-0.25, -0.2) is 0 Å². The van der Waals surface area contributed by atoms with Crippen LogP contribution in [0.25, 0.3) is 0 Å². The number of rotatable bonds is 8. The monoisotopic (exact) mass is 287 g/mol. The van der Waals surface area contributed by atoms with Crippen molar-refractivity contribution in [3.05, 3.63) is 37.5 Å². The maximum Gasteiger partial charge on any atom is 0.155 e. The maximum absolute atomic E-state index is 11.7. The number of allylic oxidation sites excluding steroid dienone is 3. The van der Waals surface area contributed by atoms with Crippen molar-refractivity contribution in [2.24, 2.45) is 11.3 Å². The zero-order valence-electron chi connectivity index (χ0n) is 13.2. The van der Waals surface area contributed by atoms with Gasteiger partial charge in [0.2, 0.25) is 0 Å². The number of hydrogen-bond acceptors (Lipinski definition) is 2. The number of ketones is 1. The minimum Gasteiger partial charge on any atom is -0.302 e. The summed E-state index contributed by atoms with van der Waals surface area (Å²) < 4.78 is 0. The first-order chi connectivity index (χ1) is 10.2. The molecule has 2 atom stereocenters. The highest BCUT2D eigenvalue weighted by Gasteiger charge is 2.43. The Balaban J connectivity index is 1.98. The molecular weight excluding hydrogens is 258 g/mol. The Morgan fingerprint density at radius 2 is 2.10 bits per heavy atom. The number of hydrogen-bond donors (Lipinski definition) is 0. The van der Waals surface area contributed by atoms with Crippen LogP contribution in [0.15, 0.2) is 37.5 Å². The second kappa shape index (κ2) is 7.74. The number of piperidine rings is 1. The van der Waals surface area contributed by atoms with Crippen molar-refractivity contribution in [3.63, 3.8) is 0 Å². The van der Waals surface area contributed by atoms with Gasteiger partial charge in [0.05, 0.1) is 0 Å². The molecule has 0 spiro atoms. The molecule has 0 saturated carbocycles. The fourth-order valence-electron chi connectivity index (χ4n) is 3.87. The molecule has 1 fully saturated rings. The van der Waals surface area contributed by atoms with Gasteiger partial charge in [-0.1, -0.05) is 18.2 Å². The number of carbonyl (C=O) groups excluding carboxylic acids is 1. The van der Waals surface area contributed by atoms with Crippen molar-refractivity contribution in [2.75, 3.05) is 19.6 Å². The van der Waals surface area contributed by atoms with Crippen molar-refractivity contribution in [1.29, 1.82) is 0 Å². The Kier molecular flexibility index (Phi) is 5.98. The molecule has 2 nitrogen and oxygen atoms in total. The second-order valence-corrected chi connectivity index (χ2v) is 6.61. The highest BCUT2D eigenvalue weighted by Crippen LogP contribution is 2.45. The van der Waals surface area contributed by atoms with E-state index in [4.69, 9.17) is 0 Å². The summed E-state index contributed by atoms with van der Waals surface area (Å²) >= 11 is 0. The van der Waals surface area contributed by atoms with Crippen LogP contribution in [-0.2, 0) is 4.79 Å². The largest absolute Gasteiger partial charge is 0.302 e. The second-order valence-electron chi connectivity index (χ2n) is 6.61. The third-order valence-electron chi connectivity index (χ3n) is 5.12. The molecule has 0 bridgehead atoms. The van der Waals surface area contributed by atoms with Crippen LogP contribution in [0, 0.1) is 11.3 Å². The molecule has 0 aromatic rings. The van der Waals surface area contributed by atoms with Gasteiger partial charge < -0.3 is 4.90 Å². The summed E-state index contributed by atoms with van der Waals surface area (Å²) in [6, 6.07) is 0. The van der Waals surface area contributed by atoms with Crippen molar-refractivity contribution in [2.45, 2.75) is 44.9 Å². The van der Waals surface area contributed by atoms with Crippen LogP contribution in [0.3, 0.4) is 0 Å². The van der Waals surface area contributed by atoms with Gasteiger partial charge in [0, 0.05) is 18.4 Å². The van der Waals surface area contributed by atoms with E-state index in [2.05, 4.69) is 24.1 Å². The Morgan fingerprint density at radius 1 is 1.29 bits per heavy atom. The Bertz CT molecular complexity index is 412. The first-order valence-electron chi connectivity index (χ1n) is 8.36. The normalized spacial score (nSPS) is 29.1. The van der Waals surface area contributed by atoms with Gasteiger partial charge >= 0.3 is 0 Å². The van der Waals surface area contributed by atoms with Crippen LogP contribution < -0.4 is 0 Å². The molecule has 2 aliphatic rings. The van der Waals surface area contributed by atoms with Crippen molar-refractivity contribution in [1.82, 2.24) is 4.90 Å². The molecular formula is C19H29NO. The molecule has 0 unspecified atom stereocenters. The number of unbranched alkanes of at least 4 members (excludes halogenated alkanes) is 2. The van der Waals surface area contributed by atoms with E-state index in [1.54, 1.807) is 0 Å². The van der Waals surface area contributed by atoms with Crippen LogP contribution >= 0.6 is 0 Å². The molecule has 0 aromatic carbocycles. The summed E-state index contributed by atoms with van der Waals surface area (Å²) in [6.45, 7) is 11.1. The summed E-state index contributed by atoms with van der Waals surface area (Å²) in [7, 11) is 0. The van der Waals surface area contributed by atoms with Gasteiger partial charge in [0.1, 0.15) is 0 Å². The van der Waals surface area contributed by atoms with Gasteiger partial charge in [-0.2, -0.15) is 0 Å². The standard InChI is InChI=1S/C19H29NO/c1-3-5-7-8-13-20-14-10-17-15-18(21)9-12-19(17,16-20)11-6-4-2/h3-4,9,12,17H,1-2,5-8,10-11,13-16H2/t17-,19-/m1/s1. The zero-order valence-corrected chi connectivity index (χ0v) is 13.2. The molecule has 0 amide bonds. The van der Waals surface area contributed by atoms with E-state index in [9.17, 15) is 4.79 Å². The van der Waals surface area contributed by atoms with Crippen molar-refractivity contribution in [3.8, 4) is 0 Å². The molecule has 1 aliphatic heterocycles. The summed E-state index contributed by atoms with van der Waals surface area (Å²) in [5.41, 5.74) is 0.207. The number of nitrogens with zero attached hydrogens (tertiary/aromatic N) is 1. The van der Waals surface area contributed by atoms with E-state index < -0.39 is 0 Å². The Morgan fingerprint density at radius 3 is 2.86 bits per heavy atom. The summed E-state index contributed by atoms with van der Waals surface area (Å²) in [4.78, 5) is 14.3. The molecule has 0 radical (unpaired) electrons. The van der Waals surface area contributed by atoms with Gasteiger partial charge in [-0.15, -0.1) is 13.2 Å². The lowest BCUT2D eigenvalue weighted by molar-refractivity contribution is -0.118. The van der Waals surface area contributed by atoms with Gasteiger partial charge in [0.15, 0.2) is 5.78 Å². The van der Waals surface area contributed by atoms with Crippen LogP contribution in [0.2, 0.25) is 0 Å². The number of carbonyl (C=O) groups is 1. The lowest BCUT2D eigenvalue weighted by Crippen LogP contribution is -2.49. The molecule has 0 aromatic heterocycles. The van der Waals surface area contributed by atoms with Crippen molar-refractivity contribution >= 4 is 5.78 Å². The molecule has 116 valence electrons. The first kappa shape index (κ1) is 16.2. The summed E-state index contributed by atoms with van der Waals surface area (Å²) in [5, 5.41) is 0. The average Bonchev–Trinajstić information content (AvgIpc) is 2.50. The molecule has 1 heterocycles. The minimum atomic E-state index is 0.207. The summed E-state index contributed by atoms with van der Waals surface area (Å²) in [6.07, 6.45) is 15.8. The molecule has 0 N–H and O–H groups in total. The van der Waals surface area contributed by atoms with E-state index in [0.29, 0.717) is 11.7 Å². The molecule has 2 rings (SSSR count). The molecule has 21 heavy (non-hydrogen) atoms. The lowest BCUT2D eigenvalue weighted by atomic mass is 9.64. The van der Waals surface area contributed by atoms with Crippen LogP contribution in [0.1, 0.15) is 44.9 Å². The van der Waals surface area contributed by atoms with Gasteiger partial charge in [0.25, 0.3) is 0 Å².